The second kappa shape index (κ2) is 5.89. The van der Waals surface area contributed by atoms with Crippen LogP contribution in [0.15, 0.2) is 18.5 Å². The molecule has 0 saturated carbocycles. The number of rotatable bonds is 4. The van der Waals surface area contributed by atoms with Crippen LogP contribution in [0, 0.1) is 5.21 Å². The Kier molecular flexibility index (Phi) is 4.50. The lowest BCUT2D eigenvalue weighted by Crippen LogP contribution is -2.33. The van der Waals surface area contributed by atoms with E-state index in [0.29, 0.717) is 17.1 Å². The fourth-order valence-corrected chi connectivity index (χ4v) is 1.13. The summed E-state index contributed by atoms with van der Waals surface area (Å²) in [7, 11) is 1.73. The fourth-order valence-electron chi connectivity index (χ4n) is 1.13. The van der Waals surface area contributed by atoms with Gasteiger partial charge in [-0.1, -0.05) is 18.2 Å². The van der Waals surface area contributed by atoms with E-state index in [1.807, 2.05) is 0 Å². The first-order chi connectivity index (χ1) is 7.63. The predicted molar refractivity (Wildman–Crippen MR) is 59.8 cm³/mol. The summed E-state index contributed by atoms with van der Waals surface area (Å²) in [5.74, 6) is 0. The van der Waals surface area contributed by atoms with Crippen molar-refractivity contribution in [1.29, 1.82) is 0 Å². The molecule has 1 heterocycles. The van der Waals surface area contributed by atoms with Crippen molar-refractivity contribution in [2.45, 2.75) is 19.8 Å². The lowest BCUT2D eigenvalue weighted by molar-refractivity contribution is -0.669. The van der Waals surface area contributed by atoms with E-state index >= 15 is 0 Å². The van der Waals surface area contributed by atoms with Crippen molar-refractivity contribution in [3.63, 3.8) is 0 Å². The van der Waals surface area contributed by atoms with Crippen LogP contribution in [-0.4, -0.2) is 29.6 Å². The van der Waals surface area contributed by atoms with Gasteiger partial charge in [-0.05, 0) is 6.42 Å². The number of amides is 2. The van der Waals surface area contributed by atoms with Crippen LogP contribution >= 0.6 is 0 Å². The number of aromatic nitrogens is 2. The average molecular weight is 224 g/mol. The van der Waals surface area contributed by atoms with Crippen molar-refractivity contribution in [2.75, 3.05) is 18.9 Å². The molecule has 0 aliphatic heterocycles. The molecule has 16 heavy (non-hydrogen) atoms. The van der Waals surface area contributed by atoms with Gasteiger partial charge in [-0.15, -0.1) is 0 Å². The molecular formula is C10H16N4O2. The zero-order valence-corrected chi connectivity index (χ0v) is 9.51. The lowest BCUT2D eigenvalue weighted by Gasteiger charge is -2.16. The molecule has 0 unspecified atom stereocenters. The Bertz CT molecular complexity index is 339. The largest absolute Gasteiger partial charge is 0.594 e. The van der Waals surface area contributed by atoms with Crippen LogP contribution in [0.25, 0.3) is 0 Å². The third-order valence-electron chi connectivity index (χ3n) is 2.14. The Hall–Kier alpha value is -1.85. The summed E-state index contributed by atoms with van der Waals surface area (Å²) in [5, 5.41) is 16.8. The van der Waals surface area contributed by atoms with Gasteiger partial charge in [0.05, 0.1) is 5.69 Å². The molecular weight excluding hydrogens is 208 g/mol. The van der Waals surface area contributed by atoms with E-state index in [9.17, 15) is 10.0 Å². The molecule has 88 valence electrons. The molecule has 1 aromatic rings. The topological polar surface area (TPSA) is 72.2 Å². The van der Waals surface area contributed by atoms with Crippen molar-refractivity contribution in [3.8, 4) is 0 Å². The number of unbranched alkanes of at least 4 members (excludes halogenated alkanes) is 1. The van der Waals surface area contributed by atoms with Crippen molar-refractivity contribution in [1.82, 2.24) is 10.00 Å². The van der Waals surface area contributed by atoms with E-state index in [0.717, 1.165) is 12.8 Å². The Labute approximate surface area is 94.5 Å². The summed E-state index contributed by atoms with van der Waals surface area (Å²) >= 11 is 0. The Morgan fingerprint density at radius 1 is 1.69 bits per heavy atom. The van der Waals surface area contributed by atoms with E-state index < -0.39 is 0 Å². The molecule has 0 bridgehead atoms. The molecule has 0 radical (unpaired) electrons. The Morgan fingerprint density at radius 2 is 2.44 bits per heavy atom. The van der Waals surface area contributed by atoms with Gasteiger partial charge in [-0.3, -0.25) is 0 Å². The van der Waals surface area contributed by atoms with E-state index in [-0.39, 0.29) is 6.03 Å². The molecule has 2 amide bonds. The molecule has 0 spiro atoms. The normalized spacial score (nSPS) is 9.88. The van der Waals surface area contributed by atoms with Crippen LogP contribution in [0.5, 0.6) is 0 Å². The van der Waals surface area contributed by atoms with Crippen molar-refractivity contribution in [3.05, 3.63) is 23.7 Å². The number of urea groups is 1. The van der Waals surface area contributed by atoms with Gasteiger partial charge in [0.25, 0.3) is 0 Å². The summed E-state index contributed by atoms with van der Waals surface area (Å²) in [5.41, 5.74) is 0.514. The van der Waals surface area contributed by atoms with E-state index in [1.165, 1.54) is 18.5 Å². The molecule has 0 atom stereocenters. The quantitative estimate of drug-likeness (QED) is 0.612. The third-order valence-corrected chi connectivity index (χ3v) is 2.14. The Morgan fingerprint density at radius 3 is 3.00 bits per heavy atom. The molecule has 6 heteroatoms. The second-order valence-electron chi connectivity index (χ2n) is 3.52. The SMILES string of the molecule is CCCCN(C)C(=O)Nc1cc[n+]([O-])nc1. The number of hydrogen-bond acceptors (Lipinski definition) is 3. The van der Waals surface area contributed by atoms with Gasteiger partial charge in [-0.2, -0.15) is 0 Å². The number of nitrogens with one attached hydrogen (secondary N) is 1. The highest BCUT2D eigenvalue weighted by atomic mass is 16.5. The first-order valence-corrected chi connectivity index (χ1v) is 5.21. The molecule has 0 fully saturated rings. The van der Waals surface area contributed by atoms with E-state index in [1.54, 1.807) is 11.9 Å². The summed E-state index contributed by atoms with van der Waals surface area (Å²) in [6, 6.07) is 1.31. The number of anilines is 1. The zero-order chi connectivity index (χ0) is 12.0. The standard InChI is InChI=1S/C10H16N4O2/c1-3-4-6-13(2)10(15)12-9-5-7-14(16)11-8-9/h5,7-8H,3-4,6H2,1-2H3,(H,12,15). The molecule has 0 aliphatic carbocycles. The van der Waals surface area contributed by atoms with Gasteiger partial charge >= 0.3 is 6.03 Å². The second-order valence-corrected chi connectivity index (χ2v) is 3.52. The molecule has 0 saturated heterocycles. The summed E-state index contributed by atoms with van der Waals surface area (Å²) < 4.78 is 0. The average Bonchev–Trinajstić information content (AvgIpc) is 2.29. The highest BCUT2D eigenvalue weighted by Crippen LogP contribution is 2.02. The van der Waals surface area contributed by atoms with Gasteiger partial charge in [0.2, 0.25) is 6.20 Å². The van der Waals surface area contributed by atoms with Crippen molar-refractivity contribution < 1.29 is 9.64 Å². The Balaban J connectivity index is 2.47. The maximum absolute atomic E-state index is 11.6. The maximum Gasteiger partial charge on any atom is 0.321 e. The molecule has 1 rings (SSSR count). The monoisotopic (exact) mass is 224 g/mol. The molecule has 6 nitrogen and oxygen atoms in total. The van der Waals surface area contributed by atoms with Gasteiger partial charge in [0.15, 0.2) is 0 Å². The first kappa shape index (κ1) is 12.2. The maximum atomic E-state index is 11.6. The summed E-state index contributed by atoms with van der Waals surface area (Å²) in [6.07, 6.45) is 4.57. The summed E-state index contributed by atoms with van der Waals surface area (Å²) in [6.45, 7) is 2.78. The zero-order valence-electron chi connectivity index (χ0n) is 9.51. The van der Waals surface area contributed by atoms with Crippen LogP contribution in [-0.2, 0) is 0 Å². The van der Waals surface area contributed by atoms with Gasteiger partial charge < -0.3 is 15.4 Å². The van der Waals surface area contributed by atoms with Gasteiger partial charge in [-0.25, -0.2) is 4.79 Å². The van der Waals surface area contributed by atoms with Crippen LogP contribution in [0.4, 0.5) is 10.5 Å². The van der Waals surface area contributed by atoms with Crippen LogP contribution in [0.3, 0.4) is 0 Å². The van der Waals surface area contributed by atoms with Crippen molar-refractivity contribution in [2.24, 2.45) is 0 Å². The number of carbonyl (C=O) groups is 1. The van der Waals surface area contributed by atoms with Gasteiger partial charge in [0, 0.05) is 24.8 Å². The van der Waals surface area contributed by atoms with Crippen LogP contribution in [0.2, 0.25) is 0 Å². The molecule has 1 aromatic heterocycles. The van der Waals surface area contributed by atoms with E-state index in [2.05, 4.69) is 17.3 Å². The summed E-state index contributed by atoms with van der Waals surface area (Å²) in [4.78, 5) is 13.6. The number of nitrogens with zero attached hydrogens (tertiary/aromatic N) is 3. The van der Waals surface area contributed by atoms with Crippen LogP contribution < -0.4 is 10.2 Å². The first-order valence-electron chi connectivity index (χ1n) is 5.21. The minimum atomic E-state index is -0.195. The molecule has 0 aliphatic rings. The smallest absolute Gasteiger partial charge is 0.321 e. The van der Waals surface area contributed by atoms with Crippen molar-refractivity contribution >= 4 is 11.7 Å². The number of hydrogen-bond donors (Lipinski definition) is 1. The third kappa shape index (κ3) is 3.72. The number of carbonyl (C=O) groups excluding carboxylic acids is 1. The molecule has 1 N–H and O–H groups in total. The van der Waals surface area contributed by atoms with Crippen LogP contribution in [0.1, 0.15) is 19.8 Å². The minimum Gasteiger partial charge on any atom is -0.594 e. The van der Waals surface area contributed by atoms with Gasteiger partial charge in [0.1, 0.15) is 6.20 Å². The lowest BCUT2D eigenvalue weighted by atomic mass is 10.3. The highest BCUT2D eigenvalue weighted by Gasteiger charge is 2.08. The molecule has 0 aromatic carbocycles. The fraction of sp³-hybridized carbons (Fsp3) is 0.500. The highest BCUT2D eigenvalue weighted by molar-refractivity contribution is 5.88. The predicted octanol–water partition coefficient (Wildman–Crippen LogP) is 0.979. The minimum absolute atomic E-state index is 0.195. The van der Waals surface area contributed by atoms with E-state index in [4.69, 9.17) is 0 Å².